The number of nitrogens with two attached hydrogens (primary N) is 1. The first-order valence-corrected chi connectivity index (χ1v) is 5.21. The van der Waals surface area contributed by atoms with Gasteiger partial charge in [-0.15, -0.1) is 0 Å². The zero-order valence-corrected chi connectivity index (χ0v) is 9.62. The Labute approximate surface area is 91.3 Å². The second-order valence-corrected chi connectivity index (χ2v) is 3.97. The van der Waals surface area contributed by atoms with E-state index in [1.165, 1.54) is 16.7 Å². The number of benzene rings is 1. The molecular weight excluding hydrogens is 188 g/mol. The van der Waals surface area contributed by atoms with Gasteiger partial charge in [0.1, 0.15) is 0 Å². The minimum atomic E-state index is -0.268. The van der Waals surface area contributed by atoms with Gasteiger partial charge in [0.2, 0.25) is 0 Å². The van der Waals surface area contributed by atoms with E-state index >= 15 is 0 Å². The van der Waals surface area contributed by atoms with Gasteiger partial charge in [0.15, 0.2) is 0 Å². The standard InChI is InChI=1S/C12H20N2O/c1-8-4-5-9(2)10(6-8)12(14-3)11(13)7-15/h4-6,11-12,14-15H,7,13H2,1-3H3. The van der Waals surface area contributed by atoms with Crippen LogP contribution in [0.5, 0.6) is 0 Å². The van der Waals surface area contributed by atoms with E-state index < -0.39 is 0 Å². The highest BCUT2D eigenvalue weighted by Crippen LogP contribution is 2.20. The SMILES string of the molecule is CNC(c1cc(C)ccc1C)C(N)CO. The average Bonchev–Trinajstić information content (AvgIpc) is 2.23. The Morgan fingerprint density at radius 1 is 1.40 bits per heavy atom. The van der Waals surface area contributed by atoms with Crippen LogP contribution in [-0.2, 0) is 0 Å². The third-order valence-electron chi connectivity index (χ3n) is 2.72. The fraction of sp³-hybridized carbons (Fsp3) is 0.500. The number of aliphatic hydroxyl groups excluding tert-OH is 1. The van der Waals surface area contributed by atoms with Crippen LogP contribution in [0.15, 0.2) is 18.2 Å². The summed E-state index contributed by atoms with van der Waals surface area (Å²) in [5.41, 5.74) is 9.44. The molecular formula is C12H20N2O. The quantitative estimate of drug-likeness (QED) is 0.688. The molecule has 0 spiro atoms. The van der Waals surface area contributed by atoms with Gasteiger partial charge in [-0.3, -0.25) is 0 Å². The summed E-state index contributed by atoms with van der Waals surface area (Å²) < 4.78 is 0. The van der Waals surface area contributed by atoms with Crippen LogP contribution in [0.3, 0.4) is 0 Å². The van der Waals surface area contributed by atoms with Gasteiger partial charge < -0.3 is 16.2 Å². The van der Waals surface area contributed by atoms with Crippen molar-refractivity contribution in [2.45, 2.75) is 25.9 Å². The zero-order chi connectivity index (χ0) is 11.4. The summed E-state index contributed by atoms with van der Waals surface area (Å²) in [6.45, 7) is 4.10. The fourth-order valence-corrected chi connectivity index (χ4v) is 1.80. The lowest BCUT2D eigenvalue weighted by molar-refractivity contribution is 0.240. The van der Waals surface area contributed by atoms with E-state index in [-0.39, 0.29) is 18.7 Å². The van der Waals surface area contributed by atoms with Gasteiger partial charge in [-0.1, -0.05) is 23.8 Å². The topological polar surface area (TPSA) is 58.3 Å². The molecule has 0 heterocycles. The first-order chi connectivity index (χ1) is 7.10. The molecule has 0 bridgehead atoms. The molecule has 15 heavy (non-hydrogen) atoms. The molecule has 0 aliphatic heterocycles. The number of aryl methyl sites for hydroxylation is 2. The van der Waals surface area contributed by atoms with Crippen LogP contribution in [0, 0.1) is 13.8 Å². The van der Waals surface area contributed by atoms with E-state index in [1.807, 2.05) is 7.05 Å². The highest BCUT2D eigenvalue weighted by molar-refractivity contribution is 5.33. The molecule has 84 valence electrons. The molecule has 0 aliphatic rings. The van der Waals surface area contributed by atoms with Gasteiger partial charge in [-0.05, 0) is 32.0 Å². The maximum atomic E-state index is 9.09. The zero-order valence-electron chi connectivity index (χ0n) is 9.62. The molecule has 0 aliphatic carbocycles. The van der Waals surface area contributed by atoms with Crippen molar-refractivity contribution >= 4 is 0 Å². The van der Waals surface area contributed by atoms with Crippen LogP contribution < -0.4 is 11.1 Å². The Kier molecular flexibility index (Phi) is 4.27. The smallest absolute Gasteiger partial charge is 0.0601 e. The maximum absolute atomic E-state index is 9.09. The Balaban J connectivity index is 3.05. The lowest BCUT2D eigenvalue weighted by atomic mass is 9.94. The fourth-order valence-electron chi connectivity index (χ4n) is 1.80. The van der Waals surface area contributed by atoms with Gasteiger partial charge in [-0.25, -0.2) is 0 Å². The van der Waals surface area contributed by atoms with E-state index in [4.69, 9.17) is 10.8 Å². The summed E-state index contributed by atoms with van der Waals surface area (Å²) in [5, 5.41) is 12.2. The second kappa shape index (κ2) is 5.26. The molecule has 0 radical (unpaired) electrons. The molecule has 3 heteroatoms. The average molecular weight is 208 g/mol. The summed E-state index contributed by atoms with van der Waals surface area (Å²) in [5.74, 6) is 0. The van der Waals surface area contributed by atoms with E-state index in [9.17, 15) is 0 Å². The number of likely N-dealkylation sites (N-methyl/N-ethyl adjacent to an activating group) is 1. The van der Waals surface area contributed by atoms with E-state index in [2.05, 4.69) is 37.4 Å². The molecule has 0 fully saturated rings. The predicted molar refractivity (Wildman–Crippen MR) is 62.8 cm³/mol. The largest absolute Gasteiger partial charge is 0.395 e. The molecule has 0 saturated carbocycles. The molecule has 1 aromatic carbocycles. The summed E-state index contributed by atoms with van der Waals surface area (Å²) >= 11 is 0. The third kappa shape index (κ3) is 2.78. The van der Waals surface area contributed by atoms with Crippen LogP contribution in [-0.4, -0.2) is 24.8 Å². The normalized spacial score (nSPS) is 15.0. The predicted octanol–water partition coefficient (Wildman–Crippen LogP) is 0.884. The number of hydrogen-bond acceptors (Lipinski definition) is 3. The molecule has 0 amide bonds. The van der Waals surface area contributed by atoms with E-state index in [1.54, 1.807) is 0 Å². The van der Waals surface area contributed by atoms with Crippen molar-refractivity contribution in [3.63, 3.8) is 0 Å². The van der Waals surface area contributed by atoms with Gasteiger partial charge in [-0.2, -0.15) is 0 Å². The molecule has 4 N–H and O–H groups in total. The lowest BCUT2D eigenvalue weighted by Gasteiger charge is -2.24. The van der Waals surface area contributed by atoms with Crippen molar-refractivity contribution in [1.29, 1.82) is 0 Å². The molecule has 3 nitrogen and oxygen atoms in total. The van der Waals surface area contributed by atoms with Crippen molar-refractivity contribution in [2.75, 3.05) is 13.7 Å². The van der Waals surface area contributed by atoms with Gasteiger partial charge in [0.25, 0.3) is 0 Å². The molecule has 0 saturated heterocycles. The summed E-state index contributed by atoms with van der Waals surface area (Å²) in [7, 11) is 1.86. The number of aliphatic hydroxyl groups is 1. The minimum Gasteiger partial charge on any atom is -0.395 e. The van der Waals surface area contributed by atoms with Crippen molar-refractivity contribution in [3.05, 3.63) is 34.9 Å². The van der Waals surface area contributed by atoms with Gasteiger partial charge >= 0.3 is 0 Å². The minimum absolute atomic E-state index is 0.00917. The van der Waals surface area contributed by atoms with Crippen molar-refractivity contribution in [3.8, 4) is 0 Å². The van der Waals surface area contributed by atoms with Crippen LogP contribution >= 0.6 is 0 Å². The highest BCUT2D eigenvalue weighted by Gasteiger charge is 2.18. The number of nitrogens with one attached hydrogen (secondary N) is 1. The van der Waals surface area contributed by atoms with Gasteiger partial charge in [0.05, 0.1) is 6.61 Å². The van der Waals surface area contributed by atoms with Crippen LogP contribution in [0.4, 0.5) is 0 Å². The molecule has 1 aromatic rings. The van der Waals surface area contributed by atoms with Crippen LogP contribution in [0.25, 0.3) is 0 Å². The third-order valence-corrected chi connectivity index (χ3v) is 2.72. The molecule has 1 rings (SSSR count). The second-order valence-electron chi connectivity index (χ2n) is 3.97. The lowest BCUT2D eigenvalue weighted by Crippen LogP contribution is -2.39. The molecule has 2 unspecified atom stereocenters. The summed E-state index contributed by atoms with van der Waals surface area (Å²) in [6, 6.07) is 6.02. The van der Waals surface area contributed by atoms with Crippen molar-refractivity contribution < 1.29 is 5.11 Å². The molecule has 0 aromatic heterocycles. The van der Waals surface area contributed by atoms with Gasteiger partial charge in [0, 0.05) is 12.1 Å². The summed E-state index contributed by atoms with van der Waals surface area (Å²) in [4.78, 5) is 0. The van der Waals surface area contributed by atoms with Crippen LogP contribution in [0.2, 0.25) is 0 Å². The van der Waals surface area contributed by atoms with Crippen molar-refractivity contribution in [2.24, 2.45) is 5.73 Å². The first kappa shape index (κ1) is 12.2. The summed E-state index contributed by atoms with van der Waals surface area (Å²) in [6.07, 6.45) is 0. The van der Waals surface area contributed by atoms with E-state index in [0.717, 1.165) is 0 Å². The van der Waals surface area contributed by atoms with Crippen LogP contribution in [0.1, 0.15) is 22.7 Å². The molecule has 2 atom stereocenters. The van der Waals surface area contributed by atoms with Crippen molar-refractivity contribution in [1.82, 2.24) is 5.32 Å². The first-order valence-electron chi connectivity index (χ1n) is 5.21. The Morgan fingerprint density at radius 3 is 2.60 bits per heavy atom. The Bertz CT molecular complexity index is 325. The van der Waals surface area contributed by atoms with E-state index in [0.29, 0.717) is 0 Å². The number of hydrogen-bond donors (Lipinski definition) is 3. The maximum Gasteiger partial charge on any atom is 0.0601 e. The Morgan fingerprint density at radius 2 is 2.07 bits per heavy atom. The number of rotatable bonds is 4. The highest BCUT2D eigenvalue weighted by atomic mass is 16.3. The monoisotopic (exact) mass is 208 g/mol. The Hall–Kier alpha value is -0.900.